The van der Waals surface area contributed by atoms with Crippen LogP contribution in [0.25, 0.3) is 0 Å². The quantitative estimate of drug-likeness (QED) is 0.501. The second kappa shape index (κ2) is 3.48. The first-order valence-corrected chi connectivity index (χ1v) is 5.31. The van der Waals surface area contributed by atoms with E-state index >= 15 is 0 Å². The SMILES string of the molecule is CC(C)(C)OC(=O)C(C)(N)S(=O)(=O)O. The molecular weight excluding hydrogens is 210 g/mol. The molecule has 0 saturated heterocycles. The Morgan fingerprint density at radius 3 is 1.86 bits per heavy atom. The molecule has 84 valence electrons. The molecule has 14 heavy (non-hydrogen) atoms. The maximum atomic E-state index is 11.2. The lowest BCUT2D eigenvalue weighted by Gasteiger charge is -2.25. The van der Waals surface area contributed by atoms with Crippen LogP contribution < -0.4 is 5.73 Å². The number of hydrogen-bond donors (Lipinski definition) is 2. The van der Waals surface area contributed by atoms with E-state index in [9.17, 15) is 13.2 Å². The molecule has 0 fully saturated rings. The van der Waals surface area contributed by atoms with Crippen molar-refractivity contribution in [1.29, 1.82) is 0 Å². The van der Waals surface area contributed by atoms with E-state index in [1.165, 1.54) is 0 Å². The van der Waals surface area contributed by atoms with Crippen molar-refractivity contribution in [3.63, 3.8) is 0 Å². The fraction of sp³-hybridized carbons (Fsp3) is 0.857. The molecule has 0 amide bonds. The predicted molar refractivity (Wildman–Crippen MR) is 50.0 cm³/mol. The van der Waals surface area contributed by atoms with Crippen LogP contribution in [0, 0.1) is 0 Å². The lowest BCUT2D eigenvalue weighted by atomic mass is 10.2. The molecule has 1 atom stereocenters. The van der Waals surface area contributed by atoms with Crippen molar-refractivity contribution in [2.24, 2.45) is 5.73 Å². The summed E-state index contributed by atoms with van der Waals surface area (Å²) in [5, 5.41) is 0. The van der Waals surface area contributed by atoms with Crippen molar-refractivity contribution in [3.05, 3.63) is 0 Å². The van der Waals surface area contributed by atoms with Gasteiger partial charge in [0.1, 0.15) is 5.60 Å². The molecular formula is C7H15NO5S. The number of carbonyl (C=O) groups is 1. The maximum absolute atomic E-state index is 11.2. The molecule has 0 aromatic rings. The number of carbonyl (C=O) groups excluding carboxylic acids is 1. The van der Waals surface area contributed by atoms with Crippen LogP contribution in [-0.2, 0) is 19.6 Å². The van der Waals surface area contributed by atoms with Crippen molar-refractivity contribution in [3.8, 4) is 0 Å². The molecule has 7 heteroatoms. The highest BCUT2D eigenvalue weighted by Gasteiger charge is 2.44. The average Bonchev–Trinajstić information content (AvgIpc) is 1.80. The summed E-state index contributed by atoms with van der Waals surface area (Å²) in [6.07, 6.45) is 0. The molecule has 0 radical (unpaired) electrons. The van der Waals surface area contributed by atoms with E-state index in [-0.39, 0.29) is 0 Å². The monoisotopic (exact) mass is 225 g/mol. The molecule has 0 aliphatic rings. The van der Waals surface area contributed by atoms with Gasteiger partial charge < -0.3 is 10.5 Å². The van der Waals surface area contributed by atoms with E-state index in [2.05, 4.69) is 0 Å². The fourth-order valence-electron chi connectivity index (χ4n) is 0.485. The number of nitrogens with two attached hydrogens (primary N) is 1. The molecule has 0 aliphatic heterocycles. The van der Waals surface area contributed by atoms with Gasteiger partial charge in [-0.15, -0.1) is 0 Å². The topological polar surface area (TPSA) is 107 Å². The second-order valence-electron chi connectivity index (χ2n) is 4.08. The minimum absolute atomic E-state index is 0.859. The first kappa shape index (κ1) is 13.3. The Hall–Kier alpha value is -0.660. The standard InChI is InChI=1S/C7H15NO5S/c1-6(2,3)13-5(9)7(4,8)14(10,11)12/h8H2,1-4H3,(H,10,11,12). The van der Waals surface area contributed by atoms with Gasteiger partial charge >= 0.3 is 5.97 Å². The van der Waals surface area contributed by atoms with Gasteiger partial charge in [-0.1, -0.05) is 0 Å². The zero-order chi connectivity index (χ0) is 11.8. The smallest absolute Gasteiger partial charge is 0.344 e. The third-order valence-electron chi connectivity index (χ3n) is 1.34. The first-order valence-electron chi connectivity index (χ1n) is 3.87. The highest BCUT2D eigenvalue weighted by molar-refractivity contribution is 7.88. The van der Waals surface area contributed by atoms with E-state index in [1.807, 2.05) is 0 Å². The van der Waals surface area contributed by atoms with Crippen molar-refractivity contribution in [2.45, 2.75) is 38.2 Å². The molecule has 0 aromatic carbocycles. The van der Waals surface area contributed by atoms with Crippen molar-refractivity contribution in [1.82, 2.24) is 0 Å². The number of hydrogen-bond acceptors (Lipinski definition) is 5. The predicted octanol–water partition coefficient (Wildman–Crippen LogP) is -0.109. The molecule has 6 nitrogen and oxygen atoms in total. The Bertz CT molecular complexity index is 324. The van der Waals surface area contributed by atoms with E-state index < -0.39 is 26.6 Å². The van der Waals surface area contributed by atoms with Gasteiger partial charge in [0.05, 0.1) is 0 Å². The lowest BCUT2D eigenvalue weighted by molar-refractivity contribution is -0.157. The third-order valence-corrected chi connectivity index (χ3v) is 2.58. The average molecular weight is 225 g/mol. The highest BCUT2D eigenvalue weighted by Crippen LogP contribution is 2.16. The van der Waals surface area contributed by atoms with Gasteiger partial charge in [-0.05, 0) is 27.7 Å². The molecule has 0 bridgehead atoms. The first-order chi connectivity index (χ1) is 5.88. The summed E-state index contributed by atoms with van der Waals surface area (Å²) in [4.78, 5) is 8.81. The molecule has 0 saturated carbocycles. The van der Waals surface area contributed by atoms with Gasteiger partial charge in [0.2, 0.25) is 4.87 Å². The Balaban J connectivity index is 4.89. The highest BCUT2D eigenvalue weighted by atomic mass is 32.2. The van der Waals surface area contributed by atoms with Gasteiger partial charge in [0.15, 0.2) is 0 Å². The molecule has 0 rings (SSSR count). The molecule has 1 unspecified atom stereocenters. The summed E-state index contributed by atoms with van der Waals surface area (Å²) in [5.41, 5.74) is 4.27. The van der Waals surface area contributed by atoms with E-state index in [0.29, 0.717) is 0 Å². The second-order valence-corrected chi connectivity index (χ2v) is 5.88. The minimum Gasteiger partial charge on any atom is -0.458 e. The summed E-state index contributed by atoms with van der Waals surface area (Å²) < 4.78 is 34.8. The van der Waals surface area contributed by atoms with Gasteiger partial charge in [-0.3, -0.25) is 4.55 Å². The zero-order valence-electron chi connectivity index (χ0n) is 8.57. The fourth-order valence-corrected chi connectivity index (χ4v) is 0.737. The number of ether oxygens (including phenoxy) is 1. The summed E-state index contributed by atoms with van der Waals surface area (Å²) in [5.74, 6) is -1.19. The Kier molecular flexibility index (Phi) is 3.32. The van der Waals surface area contributed by atoms with E-state index in [1.54, 1.807) is 20.8 Å². The molecule has 0 spiro atoms. The lowest BCUT2D eigenvalue weighted by Crippen LogP contribution is -2.54. The van der Waals surface area contributed by atoms with Crippen LogP contribution in [0.3, 0.4) is 0 Å². The molecule has 3 N–H and O–H groups in total. The molecule has 0 aromatic heterocycles. The Morgan fingerprint density at radius 2 is 1.64 bits per heavy atom. The normalized spacial score (nSPS) is 17.3. The van der Waals surface area contributed by atoms with Crippen molar-refractivity contribution >= 4 is 16.1 Å². The molecule has 0 aliphatic carbocycles. The van der Waals surface area contributed by atoms with Crippen LogP contribution in [0.2, 0.25) is 0 Å². The zero-order valence-corrected chi connectivity index (χ0v) is 9.38. The van der Waals surface area contributed by atoms with Crippen LogP contribution in [0.5, 0.6) is 0 Å². The van der Waals surface area contributed by atoms with Crippen molar-refractivity contribution in [2.75, 3.05) is 0 Å². The summed E-state index contributed by atoms with van der Waals surface area (Å²) in [6.45, 7) is 5.55. The summed E-state index contributed by atoms with van der Waals surface area (Å²) in [7, 11) is -4.67. The summed E-state index contributed by atoms with van der Waals surface area (Å²) in [6, 6.07) is 0. The van der Waals surface area contributed by atoms with Gasteiger partial charge in [-0.25, -0.2) is 4.79 Å². The van der Waals surface area contributed by atoms with Crippen LogP contribution in [0.15, 0.2) is 0 Å². The largest absolute Gasteiger partial charge is 0.458 e. The van der Waals surface area contributed by atoms with E-state index in [4.69, 9.17) is 15.0 Å². The van der Waals surface area contributed by atoms with Crippen molar-refractivity contribution < 1.29 is 22.5 Å². The van der Waals surface area contributed by atoms with Gasteiger partial charge in [0, 0.05) is 0 Å². The number of esters is 1. The van der Waals surface area contributed by atoms with Crippen LogP contribution >= 0.6 is 0 Å². The van der Waals surface area contributed by atoms with Gasteiger partial charge in [-0.2, -0.15) is 8.42 Å². The Morgan fingerprint density at radius 1 is 1.29 bits per heavy atom. The van der Waals surface area contributed by atoms with E-state index in [0.717, 1.165) is 6.92 Å². The maximum Gasteiger partial charge on any atom is 0.344 e. The Labute approximate surface area is 83.2 Å². The van der Waals surface area contributed by atoms with Gasteiger partial charge in [0.25, 0.3) is 10.1 Å². The summed E-state index contributed by atoms with van der Waals surface area (Å²) >= 11 is 0. The third kappa shape index (κ3) is 3.24. The van der Waals surface area contributed by atoms with Crippen LogP contribution in [-0.4, -0.2) is 29.4 Å². The molecule has 0 heterocycles. The van der Waals surface area contributed by atoms with Crippen LogP contribution in [0.1, 0.15) is 27.7 Å². The minimum atomic E-state index is -4.67. The van der Waals surface area contributed by atoms with Crippen LogP contribution in [0.4, 0.5) is 0 Å². The number of rotatable bonds is 2.